The largest absolute Gasteiger partial charge is 0.326 e. The highest BCUT2D eigenvalue weighted by Crippen LogP contribution is 2.37. The molecule has 1 fully saturated rings. The van der Waals surface area contributed by atoms with Crippen LogP contribution in [0.4, 0.5) is 16.2 Å². The van der Waals surface area contributed by atoms with Gasteiger partial charge in [-0.2, -0.15) is 0 Å². The minimum atomic E-state index is -0.118. The number of nitrogens with zero attached hydrogens (tertiary/aromatic N) is 1. The lowest BCUT2D eigenvalue weighted by Gasteiger charge is -2.40. The van der Waals surface area contributed by atoms with Gasteiger partial charge in [0, 0.05) is 31.4 Å². The van der Waals surface area contributed by atoms with E-state index in [4.69, 9.17) is 0 Å². The van der Waals surface area contributed by atoms with Crippen LogP contribution in [0.5, 0.6) is 0 Å². The van der Waals surface area contributed by atoms with E-state index in [1.807, 2.05) is 30.0 Å². The molecule has 3 amide bonds. The number of amides is 3. The zero-order valence-corrected chi connectivity index (χ0v) is 16.1. The van der Waals surface area contributed by atoms with E-state index in [1.54, 1.807) is 0 Å². The second-order valence-corrected chi connectivity index (χ2v) is 7.99. The number of hydrogen-bond acceptors (Lipinski definition) is 2. The molecule has 138 valence electrons. The van der Waals surface area contributed by atoms with Gasteiger partial charge in [0.05, 0.1) is 0 Å². The molecule has 0 saturated carbocycles. The van der Waals surface area contributed by atoms with Gasteiger partial charge in [-0.05, 0) is 55.2 Å². The molecule has 1 heterocycles. The molecular weight excluding hydrogens is 314 g/mol. The number of anilines is 2. The summed E-state index contributed by atoms with van der Waals surface area (Å²) in [6.07, 6.45) is 3.30. The number of likely N-dealkylation sites (tertiary alicyclic amines) is 1. The lowest BCUT2D eigenvalue weighted by atomic mass is 9.74. The van der Waals surface area contributed by atoms with E-state index >= 15 is 0 Å². The Balaban J connectivity index is 1.98. The number of rotatable bonds is 4. The van der Waals surface area contributed by atoms with E-state index in [9.17, 15) is 9.59 Å². The van der Waals surface area contributed by atoms with Crippen LogP contribution in [-0.2, 0) is 4.79 Å². The Bertz CT molecular complexity index is 632. The number of urea groups is 1. The number of nitrogens with one attached hydrogen (secondary N) is 2. The van der Waals surface area contributed by atoms with Crippen LogP contribution in [0.2, 0.25) is 0 Å². The van der Waals surface area contributed by atoms with Crippen molar-refractivity contribution < 1.29 is 9.59 Å². The molecule has 0 radical (unpaired) electrons. The molecule has 2 N–H and O–H groups in total. The van der Waals surface area contributed by atoms with Gasteiger partial charge in [-0.25, -0.2) is 4.79 Å². The van der Waals surface area contributed by atoms with Gasteiger partial charge in [-0.15, -0.1) is 0 Å². The second-order valence-electron chi connectivity index (χ2n) is 7.99. The van der Waals surface area contributed by atoms with Crippen molar-refractivity contribution in [2.45, 2.75) is 53.9 Å². The number of carbonyl (C=O) groups is 2. The molecule has 5 heteroatoms. The monoisotopic (exact) mass is 345 g/mol. The summed E-state index contributed by atoms with van der Waals surface area (Å²) in [6.45, 7) is 11.8. The summed E-state index contributed by atoms with van der Waals surface area (Å²) in [7, 11) is 0. The zero-order valence-electron chi connectivity index (χ0n) is 16.1. The Kier molecular flexibility index (Phi) is 6.09. The van der Waals surface area contributed by atoms with Crippen LogP contribution in [-0.4, -0.2) is 29.9 Å². The van der Waals surface area contributed by atoms with Crippen molar-refractivity contribution in [1.82, 2.24) is 4.90 Å². The lowest BCUT2D eigenvalue weighted by molar-refractivity contribution is -0.114. The van der Waals surface area contributed by atoms with Gasteiger partial charge < -0.3 is 15.5 Å². The molecular formula is C20H31N3O2. The maximum atomic E-state index is 12.6. The zero-order chi connectivity index (χ0) is 18.6. The van der Waals surface area contributed by atoms with Gasteiger partial charge in [-0.3, -0.25) is 4.79 Å². The minimum Gasteiger partial charge on any atom is -0.326 e. The second kappa shape index (κ2) is 7.89. The Hall–Kier alpha value is -2.04. The fourth-order valence-electron chi connectivity index (χ4n) is 3.73. The molecule has 0 aromatic heterocycles. The molecule has 1 aromatic carbocycles. The number of carbonyl (C=O) groups excluding carboxylic acids is 2. The average Bonchev–Trinajstić information content (AvgIpc) is 2.50. The van der Waals surface area contributed by atoms with Gasteiger partial charge in [0.25, 0.3) is 0 Å². The standard InChI is InChI=1S/C20H31N3O2/c1-14(2)13-20(5)9-11-23(12-10-20)19(25)22-18-8-6-7-17(15(18)3)21-16(4)24/h6-8,14H,9-13H2,1-5H3,(H,21,24)(H,22,25). The topological polar surface area (TPSA) is 61.4 Å². The third-order valence-electron chi connectivity index (χ3n) is 5.04. The normalized spacial score (nSPS) is 16.6. The van der Waals surface area contributed by atoms with Crippen molar-refractivity contribution >= 4 is 23.3 Å². The molecule has 2 rings (SSSR count). The van der Waals surface area contributed by atoms with Crippen molar-refractivity contribution in [1.29, 1.82) is 0 Å². The Morgan fingerprint density at radius 1 is 1.16 bits per heavy atom. The van der Waals surface area contributed by atoms with Crippen molar-refractivity contribution in [2.75, 3.05) is 23.7 Å². The highest BCUT2D eigenvalue weighted by molar-refractivity contribution is 5.94. The molecule has 1 aromatic rings. The molecule has 1 aliphatic rings. The van der Waals surface area contributed by atoms with Crippen molar-refractivity contribution in [3.05, 3.63) is 23.8 Å². The van der Waals surface area contributed by atoms with Crippen LogP contribution in [0.3, 0.4) is 0 Å². The predicted molar refractivity (Wildman–Crippen MR) is 103 cm³/mol. The van der Waals surface area contributed by atoms with Gasteiger partial charge in [0.15, 0.2) is 0 Å². The van der Waals surface area contributed by atoms with Gasteiger partial charge in [0.2, 0.25) is 5.91 Å². The van der Waals surface area contributed by atoms with E-state index in [0.29, 0.717) is 11.3 Å². The quantitative estimate of drug-likeness (QED) is 0.835. The maximum absolute atomic E-state index is 12.6. The first kappa shape index (κ1) is 19.3. The van der Waals surface area contributed by atoms with Gasteiger partial charge in [-0.1, -0.05) is 26.8 Å². The first-order chi connectivity index (χ1) is 11.7. The van der Waals surface area contributed by atoms with E-state index in [1.165, 1.54) is 13.3 Å². The molecule has 0 unspecified atom stereocenters. The molecule has 1 aliphatic heterocycles. The van der Waals surface area contributed by atoms with E-state index < -0.39 is 0 Å². The van der Waals surface area contributed by atoms with Crippen molar-refractivity contribution in [2.24, 2.45) is 11.3 Å². The molecule has 0 aliphatic carbocycles. The Labute approximate surface area is 151 Å². The Morgan fingerprint density at radius 2 is 1.72 bits per heavy atom. The third kappa shape index (κ3) is 5.21. The highest BCUT2D eigenvalue weighted by atomic mass is 16.2. The number of benzene rings is 1. The summed E-state index contributed by atoms with van der Waals surface area (Å²) in [5.41, 5.74) is 2.68. The molecule has 0 bridgehead atoms. The fourth-order valence-corrected chi connectivity index (χ4v) is 3.73. The molecule has 1 saturated heterocycles. The maximum Gasteiger partial charge on any atom is 0.321 e. The SMILES string of the molecule is CC(=O)Nc1cccc(NC(=O)N2CCC(C)(CC(C)C)CC2)c1C. The van der Waals surface area contributed by atoms with Crippen LogP contribution in [0.1, 0.15) is 52.5 Å². The molecule has 5 nitrogen and oxygen atoms in total. The molecule has 25 heavy (non-hydrogen) atoms. The highest BCUT2D eigenvalue weighted by Gasteiger charge is 2.32. The predicted octanol–water partition coefficient (Wildman–Crippen LogP) is 4.63. The van der Waals surface area contributed by atoms with Crippen LogP contribution >= 0.6 is 0 Å². The van der Waals surface area contributed by atoms with E-state index in [2.05, 4.69) is 31.4 Å². The summed E-state index contributed by atoms with van der Waals surface area (Å²) in [5, 5.41) is 5.79. The smallest absolute Gasteiger partial charge is 0.321 e. The minimum absolute atomic E-state index is 0.0605. The fraction of sp³-hybridized carbons (Fsp3) is 0.600. The molecule has 0 spiro atoms. The summed E-state index contributed by atoms with van der Waals surface area (Å²) >= 11 is 0. The van der Waals surface area contributed by atoms with Gasteiger partial charge >= 0.3 is 6.03 Å². The van der Waals surface area contributed by atoms with Gasteiger partial charge in [0.1, 0.15) is 0 Å². The molecule has 0 atom stereocenters. The number of hydrogen-bond donors (Lipinski definition) is 2. The lowest BCUT2D eigenvalue weighted by Crippen LogP contribution is -2.44. The van der Waals surface area contributed by atoms with Crippen molar-refractivity contribution in [3.8, 4) is 0 Å². The average molecular weight is 345 g/mol. The Morgan fingerprint density at radius 3 is 2.24 bits per heavy atom. The van der Waals surface area contributed by atoms with Crippen LogP contribution < -0.4 is 10.6 Å². The van der Waals surface area contributed by atoms with Crippen LogP contribution in [0.25, 0.3) is 0 Å². The third-order valence-corrected chi connectivity index (χ3v) is 5.04. The summed E-state index contributed by atoms with van der Waals surface area (Å²) in [4.78, 5) is 25.8. The van der Waals surface area contributed by atoms with E-state index in [0.717, 1.165) is 42.9 Å². The van der Waals surface area contributed by atoms with Crippen LogP contribution in [0.15, 0.2) is 18.2 Å². The summed E-state index contributed by atoms with van der Waals surface area (Å²) < 4.78 is 0. The summed E-state index contributed by atoms with van der Waals surface area (Å²) in [6, 6.07) is 5.48. The van der Waals surface area contributed by atoms with Crippen molar-refractivity contribution in [3.63, 3.8) is 0 Å². The summed E-state index contributed by atoms with van der Waals surface area (Å²) in [5.74, 6) is 0.566. The first-order valence-corrected chi connectivity index (χ1v) is 9.13. The van der Waals surface area contributed by atoms with Crippen LogP contribution in [0, 0.1) is 18.3 Å². The number of piperidine rings is 1. The first-order valence-electron chi connectivity index (χ1n) is 9.13. The van der Waals surface area contributed by atoms with E-state index in [-0.39, 0.29) is 11.9 Å².